The molecule has 3 heteroatoms. The predicted octanol–water partition coefficient (Wildman–Crippen LogP) is 4.55. The number of hydrogen-bond donors (Lipinski definition) is 1. The van der Waals surface area contributed by atoms with E-state index in [1.54, 1.807) is 6.33 Å². The topological polar surface area (TPSA) is 51.8 Å². The van der Waals surface area contributed by atoms with Crippen molar-refractivity contribution in [3.63, 3.8) is 0 Å². The van der Waals surface area contributed by atoms with E-state index in [4.69, 9.17) is 5.73 Å². The van der Waals surface area contributed by atoms with E-state index in [1.165, 1.54) is 5.56 Å². The van der Waals surface area contributed by atoms with Crippen LogP contribution in [0.1, 0.15) is 0 Å². The summed E-state index contributed by atoms with van der Waals surface area (Å²) in [7, 11) is 0. The lowest BCUT2D eigenvalue weighted by atomic mass is 9.96. The summed E-state index contributed by atoms with van der Waals surface area (Å²) in [6.07, 6.45) is 3.44. The van der Waals surface area contributed by atoms with Crippen molar-refractivity contribution in [2.45, 2.75) is 0 Å². The van der Waals surface area contributed by atoms with Crippen molar-refractivity contribution in [2.24, 2.45) is 0 Å². The van der Waals surface area contributed by atoms with Crippen molar-refractivity contribution in [2.75, 3.05) is 5.73 Å². The standard InChI is InChI=1S/C20H15N3/c21-18-8-4-7-15(10-18)19-11-16(14-5-2-1-3-6-14)9-17-12-22-13-23-20(17)19/h1-13H,21H2. The fourth-order valence-electron chi connectivity index (χ4n) is 2.83. The Kier molecular flexibility index (Phi) is 3.24. The highest BCUT2D eigenvalue weighted by atomic mass is 14.8. The molecule has 0 fully saturated rings. The second-order valence-electron chi connectivity index (χ2n) is 5.48. The minimum Gasteiger partial charge on any atom is -0.399 e. The van der Waals surface area contributed by atoms with E-state index in [0.717, 1.165) is 33.3 Å². The molecule has 2 N–H and O–H groups in total. The monoisotopic (exact) mass is 297 g/mol. The zero-order valence-corrected chi connectivity index (χ0v) is 12.5. The van der Waals surface area contributed by atoms with Gasteiger partial charge in [-0.05, 0) is 41.0 Å². The Morgan fingerprint density at radius 3 is 2.39 bits per heavy atom. The summed E-state index contributed by atoms with van der Waals surface area (Å²) >= 11 is 0. The average Bonchev–Trinajstić information content (AvgIpc) is 2.61. The van der Waals surface area contributed by atoms with E-state index < -0.39 is 0 Å². The molecule has 0 amide bonds. The molecule has 0 aliphatic rings. The highest BCUT2D eigenvalue weighted by Crippen LogP contribution is 2.33. The van der Waals surface area contributed by atoms with Crippen LogP contribution in [0.15, 0.2) is 79.3 Å². The van der Waals surface area contributed by atoms with Crippen molar-refractivity contribution in [3.8, 4) is 22.3 Å². The Labute approximate surface area is 134 Å². The zero-order chi connectivity index (χ0) is 15.6. The molecular weight excluding hydrogens is 282 g/mol. The second kappa shape index (κ2) is 5.54. The number of nitrogens with zero attached hydrogens (tertiary/aromatic N) is 2. The molecule has 0 saturated heterocycles. The first-order valence-corrected chi connectivity index (χ1v) is 7.46. The molecule has 0 spiro atoms. The normalized spacial score (nSPS) is 10.8. The molecular formula is C20H15N3. The Bertz CT molecular complexity index is 978. The number of hydrogen-bond acceptors (Lipinski definition) is 3. The van der Waals surface area contributed by atoms with Crippen LogP contribution in [-0.4, -0.2) is 9.97 Å². The number of nitrogen functional groups attached to an aromatic ring is 1. The lowest BCUT2D eigenvalue weighted by Crippen LogP contribution is -1.90. The van der Waals surface area contributed by atoms with Crippen molar-refractivity contribution in [3.05, 3.63) is 79.3 Å². The molecule has 0 atom stereocenters. The molecule has 1 heterocycles. The largest absolute Gasteiger partial charge is 0.399 e. The lowest BCUT2D eigenvalue weighted by Gasteiger charge is -2.10. The van der Waals surface area contributed by atoms with Crippen LogP contribution in [0.2, 0.25) is 0 Å². The third kappa shape index (κ3) is 2.53. The van der Waals surface area contributed by atoms with Gasteiger partial charge in [0.1, 0.15) is 6.33 Å². The van der Waals surface area contributed by atoms with Gasteiger partial charge < -0.3 is 5.73 Å². The van der Waals surface area contributed by atoms with E-state index in [0.29, 0.717) is 0 Å². The van der Waals surface area contributed by atoms with Gasteiger partial charge in [-0.2, -0.15) is 0 Å². The molecule has 4 aromatic rings. The predicted molar refractivity (Wildman–Crippen MR) is 94.8 cm³/mol. The van der Waals surface area contributed by atoms with Crippen molar-refractivity contribution >= 4 is 16.6 Å². The summed E-state index contributed by atoms with van der Waals surface area (Å²) in [5.41, 5.74) is 12.1. The first kappa shape index (κ1) is 13.5. The van der Waals surface area contributed by atoms with Gasteiger partial charge >= 0.3 is 0 Å². The minimum atomic E-state index is 0.745. The Hall–Kier alpha value is -3.20. The maximum atomic E-state index is 5.96. The summed E-state index contributed by atoms with van der Waals surface area (Å²) in [5, 5.41) is 1.02. The van der Waals surface area contributed by atoms with Crippen LogP contribution in [0, 0.1) is 0 Å². The molecule has 0 aliphatic heterocycles. The lowest BCUT2D eigenvalue weighted by molar-refractivity contribution is 1.22. The van der Waals surface area contributed by atoms with Crippen LogP contribution in [0.4, 0.5) is 5.69 Å². The second-order valence-corrected chi connectivity index (χ2v) is 5.48. The van der Waals surface area contributed by atoms with Gasteiger partial charge in [-0.25, -0.2) is 9.97 Å². The quantitative estimate of drug-likeness (QED) is 0.552. The number of fused-ring (bicyclic) bond motifs is 1. The number of aromatic nitrogens is 2. The number of anilines is 1. The molecule has 23 heavy (non-hydrogen) atoms. The summed E-state index contributed by atoms with van der Waals surface area (Å²) in [6.45, 7) is 0. The third-order valence-electron chi connectivity index (χ3n) is 3.91. The third-order valence-corrected chi connectivity index (χ3v) is 3.91. The van der Waals surface area contributed by atoms with E-state index in [9.17, 15) is 0 Å². The van der Waals surface area contributed by atoms with E-state index >= 15 is 0 Å². The fourth-order valence-corrected chi connectivity index (χ4v) is 2.83. The van der Waals surface area contributed by atoms with E-state index in [1.807, 2.05) is 42.6 Å². The summed E-state index contributed by atoms with van der Waals surface area (Å²) in [4.78, 5) is 8.63. The summed E-state index contributed by atoms with van der Waals surface area (Å²) < 4.78 is 0. The van der Waals surface area contributed by atoms with E-state index in [-0.39, 0.29) is 0 Å². The van der Waals surface area contributed by atoms with Crippen LogP contribution in [-0.2, 0) is 0 Å². The molecule has 1 aromatic heterocycles. The number of rotatable bonds is 2. The molecule has 4 rings (SSSR count). The molecule has 0 radical (unpaired) electrons. The highest BCUT2D eigenvalue weighted by Gasteiger charge is 2.09. The summed E-state index contributed by atoms with van der Waals surface area (Å²) in [6, 6.07) is 22.5. The van der Waals surface area contributed by atoms with Gasteiger partial charge in [0.15, 0.2) is 0 Å². The maximum Gasteiger partial charge on any atom is 0.116 e. The van der Waals surface area contributed by atoms with Crippen molar-refractivity contribution in [1.82, 2.24) is 9.97 Å². The van der Waals surface area contributed by atoms with Crippen molar-refractivity contribution < 1.29 is 0 Å². The fraction of sp³-hybridized carbons (Fsp3) is 0. The Balaban J connectivity index is 2.02. The summed E-state index contributed by atoms with van der Waals surface area (Å²) in [5.74, 6) is 0. The van der Waals surface area contributed by atoms with Crippen LogP contribution in [0.5, 0.6) is 0 Å². The molecule has 3 nitrogen and oxygen atoms in total. The van der Waals surface area contributed by atoms with Crippen LogP contribution in [0.3, 0.4) is 0 Å². The Morgan fingerprint density at radius 2 is 1.57 bits per heavy atom. The molecule has 0 aliphatic carbocycles. The van der Waals surface area contributed by atoms with Crippen LogP contribution < -0.4 is 5.73 Å². The smallest absolute Gasteiger partial charge is 0.116 e. The van der Waals surface area contributed by atoms with Gasteiger partial charge in [-0.15, -0.1) is 0 Å². The molecule has 0 bridgehead atoms. The van der Waals surface area contributed by atoms with Gasteiger partial charge in [0.25, 0.3) is 0 Å². The highest BCUT2D eigenvalue weighted by molar-refractivity contribution is 5.97. The SMILES string of the molecule is Nc1cccc(-c2cc(-c3ccccc3)cc3cncnc23)c1. The molecule has 0 unspecified atom stereocenters. The minimum absolute atomic E-state index is 0.745. The van der Waals surface area contributed by atoms with Gasteiger partial charge in [0.05, 0.1) is 5.52 Å². The van der Waals surface area contributed by atoms with E-state index in [2.05, 4.69) is 40.3 Å². The molecule has 0 saturated carbocycles. The van der Waals surface area contributed by atoms with Gasteiger partial charge in [-0.1, -0.05) is 42.5 Å². The first-order chi connectivity index (χ1) is 11.3. The van der Waals surface area contributed by atoms with Crippen LogP contribution >= 0.6 is 0 Å². The van der Waals surface area contributed by atoms with Gasteiger partial charge in [-0.3, -0.25) is 0 Å². The molecule has 3 aromatic carbocycles. The molecule has 110 valence electrons. The first-order valence-electron chi connectivity index (χ1n) is 7.46. The van der Waals surface area contributed by atoms with Gasteiger partial charge in [0.2, 0.25) is 0 Å². The number of nitrogens with two attached hydrogens (primary N) is 1. The zero-order valence-electron chi connectivity index (χ0n) is 12.5. The van der Waals surface area contributed by atoms with Crippen molar-refractivity contribution in [1.29, 1.82) is 0 Å². The number of benzene rings is 3. The Morgan fingerprint density at radius 1 is 0.739 bits per heavy atom. The average molecular weight is 297 g/mol. The van der Waals surface area contributed by atoms with Crippen LogP contribution in [0.25, 0.3) is 33.2 Å². The van der Waals surface area contributed by atoms with Gasteiger partial charge in [0, 0.05) is 22.8 Å². The maximum absolute atomic E-state index is 5.96.